The lowest BCUT2D eigenvalue weighted by Crippen LogP contribution is -1.93. The average Bonchev–Trinajstić information content (AvgIpc) is 2.76. The van der Waals surface area contributed by atoms with Crippen molar-refractivity contribution in [2.24, 2.45) is 17.8 Å². The normalized spacial score (nSPS) is 10.4. The first-order chi connectivity index (χ1) is 15.3. The summed E-state index contributed by atoms with van der Waals surface area (Å²) < 4.78 is 0. The molecule has 0 N–H and O–H groups in total. The molecule has 174 valence electrons. The number of aryl methyl sites for hydroxylation is 2. The van der Waals surface area contributed by atoms with E-state index in [9.17, 15) is 0 Å². The van der Waals surface area contributed by atoms with Gasteiger partial charge in [0, 0.05) is 0 Å². The van der Waals surface area contributed by atoms with E-state index in [4.69, 9.17) is 0 Å². The van der Waals surface area contributed by atoms with Crippen LogP contribution >= 0.6 is 0 Å². The Morgan fingerprint density at radius 1 is 0.469 bits per heavy atom. The molecule has 0 bridgehead atoms. The molecule has 0 heteroatoms. The number of hydrogen-bond acceptors (Lipinski definition) is 0. The Bertz CT molecular complexity index is 796. The van der Waals surface area contributed by atoms with Crippen LogP contribution in [0.2, 0.25) is 0 Å². The summed E-state index contributed by atoms with van der Waals surface area (Å²) >= 11 is 0. The molecular formula is C32H46. The van der Waals surface area contributed by atoms with Crippen molar-refractivity contribution < 1.29 is 0 Å². The molecule has 0 fully saturated rings. The predicted molar refractivity (Wildman–Crippen MR) is 144 cm³/mol. The summed E-state index contributed by atoms with van der Waals surface area (Å²) in [5.74, 6) is 2.34. The third-order valence-electron chi connectivity index (χ3n) is 5.10. The minimum absolute atomic E-state index is 0.762. The van der Waals surface area contributed by atoms with E-state index in [-0.39, 0.29) is 0 Å². The van der Waals surface area contributed by atoms with Crippen molar-refractivity contribution in [2.75, 3.05) is 0 Å². The fourth-order valence-corrected chi connectivity index (χ4v) is 3.38. The minimum atomic E-state index is 0.762. The van der Waals surface area contributed by atoms with Gasteiger partial charge in [-0.1, -0.05) is 132 Å². The molecule has 0 amide bonds. The molecule has 0 spiro atoms. The SMILES string of the molecule is CC(C)CCc1ccccc1.CC(C)Cc1ccccc1.Cc1ccc(CC(C)C)cc1. The van der Waals surface area contributed by atoms with Crippen LogP contribution in [0.3, 0.4) is 0 Å². The van der Waals surface area contributed by atoms with E-state index in [1.54, 1.807) is 0 Å². The van der Waals surface area contributed by atoms with Crippen molar-refractivity contribution in [3.05, 3.63) is 107 Å². The number of hydrogen-bond donors (Lipinski definition) is 0. The van der Waals surface area contributed by atoms with Crippen LogP contribution in [-0.2, 0) is 19.3 Å². The van der Waals surface area contributed by atoms with Gasteiger partial charge in [-0.2, -0.15) is 0 Å². The highest BCUT2D eigenvalue weighted by Crippen LogP contribution is 2.09. The fraction of sp³-hybridized carbons (Fsp3) is 0.438. The lowest BCUT2D eigenvalue weighted by Gasteiger charge is -2.04. The van der Waals surface area contributed by atoms with Gasteiger partial charge in [0.1, 0.15) is 0 Å². The standard InChI is InChI=1S/2C11H16.C10H14/c1-9(2)8-11-6-4-10(3)5-7-11;1-10(2)8-9-11-6-4-3-5-7-11;1-9(2)8-10-6-4-3-5-7-10/h4-7,9H,8H2,1-3H3;3-7,10H,8-9H2,1-2H3;3-7,9H,8H2,1-2H3. The van der Waals surface area contributed by atoms with E-state index in [1.165, 1.54) is 47.9 Å². The molecule has 0 radical (unpaired) electrons. The summed E-state index contributed by atoms with van der Waals surface area (Å²) in [4.78, 5) is 0. The zero-order chi connectivity index (χ0) is 23.8. The van der Waals surface area contributed by atoms with Gasteiger partial charge in [0.2, 0.25) is 0 Å². The molecule has 0 nitrogen and oxygen atoms in total. The molecule has 3 aromatic rings. The van der Waals surface area contributed by atoms with Gasteiger partial charge in [-0.3, -0.25) is 0 Å². The molecule has 0 aromatic heterocycles. The van der Waals surface area contributed by atoms with E-state index in [1.807, 2.05) is 0 Å². The van der Waals surface area contributed by atoms with Crippen molar-refractivity contribution in [2.45, 2.75) is 74.1 Å². The second kappa shape index (κ2) is 16.3. The van der Waals surface area contributed by atoms with Crippen LogP contribution < -0.4 is 0 Å². The first kappa shape index (κ1) is 27.7. The van der Waals surface area contributed by atoms with E-state index in [2.05, 4.69) is 133 Å². The molecule has 32 heavy (non-hydrogen) atoms. The van der Waals surface area contributed by atoms with Gasteiger partial charge in [-0.15, -0.1) is 0 Å². The minimum Gasteiger partial charge on any atom is -0.0628 e. The molecule has 0 aliphatic rings. The van der Waals surface area contributed by atoms with Crippen molar-refractivity contribution in [3.63, 3.8) is 0 Å². The lowest BCUT2D eigenvalue weighted by molar-refractivity contribution is 0.587. The largest absolute Gasteiger partial charge is 0.0628 e. The molecule has 0 unspecified atom stereocenters. The van der Waals surface area contributed by atoms with E-state index < -0.39 is 0 Å². The highest BCUT2D eigenvalue weighted by molar-refractivity contribution is 5.21. The summed E-state index contributed by atoms with van der Waals surface area (Å²) in [6.07, 6.45) is 4.91. The highest BCUT2D eigenvalue weighted by Gasteiger charge is 1.96. The van der Waals surface area contributed by atoms with Crippen LogP contribution in [0.25, 0.3) is 0 Å². The Balaban J connectivity index is 0.000000240. The second-order valence-electron chi connectivity index (χ2n) is 10.1. The van der Waals surface area contributed by atoms with Crippen LogP contribution in [0.1, 0.15) is 70.2 Å². The van der Waals surface area contributed by atoms with Crippen molar-refractivity contribution in [1.29, 1.82) is 0 Å². The summed E-state index contributed by atoms with van der Waals surface area (Å²) in [6, 6.07) is 30.1. The first-order valence-electron chi connectivity index (χ1n) is 12.4. The molecule has 0 saturated heterocycles. The molecule has 0 aliphatic heterocycles. The monoisotopic (exact) mass is 430 g/mol. The van der Waals surface area contributed by atoms with E-state index in [0.717, 1.165) is 17.8 Å². The Labute approximate surface area is 199 Å². The van der Waals surface area contributed by atoms with Crippen molar-refractivity contribution >= 4 is 0 Å². The van der Waals surface area contributed by atoms with Gasteiger partial charge in [0.25, 0.3) is 0 Å². The summed E-state index contributed by atoms with van der Waals surface area (Å²) in [7, 11) is 0. The second-order valence-corrected chi connectivity index (χ2v) is 10.1. The van der Waals surface area contributed by atoms with Gasteiger partial charge in [-0.05, 0) is 67.1 Å². The van der Waals surface area contributed by atoms with Gasteiger partial charge in [0.15, 0.2) is 0 Å². The average molecular weight is 431 g/mol. The Kier molecular flexibility index (Phi) is 14.1. The molecule has 0 atom stereocenters. The molecule has 0 saturated carbocycles. The van der Waals surface area contributed by atoms with Gasteiger partial charge in [-0.25, -0.2) is 0 Å². The van der Waals surface area contributed by atoms with Crippen molar-refractivity contribution in [1.82, 2.24) is 0 Å². The maximum absolute atomic E-state index is 2.27. The van der Waals surface area contributed by atoms with Crippen LogP contribution in [0.4, 0.5) is 0 Å². The summed E-state index contributed by atoms with van der Waals surface area (Å²) in [5.41, 5.74) is 5.70. The van der Waals surface area contributed by atoms with Crippen LogP contribution in [-0.4, -0.2) is 0 Å². The zero-order valence-electron chi connectivity index (χ0n) is 21.6. The lowest BCUT2D eigenvalue weighted by atomic mass is 10.0. The Morgan fingerprint density at radius 2 is 0.875 bits per heavy atom. The highest BCUT2D eigenvalue weighted by atomic mass is 14.0. The summed E-state index contributed by atoms with van der Waals surface area (Å²) in [6.45, 7) is 15.6. The molecule has 0 heterocycles. The summed E-state index contributed by atoms with van der Waals surface area (Å²) in [5, 5.41) is 0. The van der Waals surface area contributed by atoms with Gasteiger partial charge >= 0.3 is 0 Å². The van der Waals surface area contributed by atoms with Gasteiger partial charge in [0.05, 0.1) is 0 Å². The Morgan fingerprint density at radius 3 is 1.28 bits per heavy atom. The Hall–Kier alpha value is -2.34. The molecular weight excluding hydrogens is 384 g/mol. The quantitative estimate of drug-likeness (QED) is 0.350. The van der Waals surface area contributed by atoms with E-state index in [0.29, 0.717) is 0 Å². The van der Waals surface area contributed by atoms with E-state index >= 15 is 0 Å². The topological polar surface area (TPSA) is 0 Å². The molecule has 3 aromatic carbocycles. The predicted octanol–water partition coefficient (Wildman–Crippen LogP) is 9.35. The number of rotatable bonds is 7. The zero-order valence-corrected chi connectivity index (χ0v) is 21.6. The smallest absolute Gasteiger partial charge is 0.0256 e. The van der Waals surface area contributed by atoms with Gasteiger partial charge < -0.3 is 0 Å². The van der Waals surface area contributed by atoms with Crippen LogP contribution in [0, 0.1) is 24.7 Å². The maximum Gasteiger partial charge on any atom is -0.0256 e. The van der Waals surface area contributed by atoms with Crippen LogP contribution in [0.15, 0.2) is 84.9 Å². The maximum atomic E-state index is 2.27. The van der Waals surface area contributed by atoms with Crippen molar-refractivity contribution in [3.8, 4) is 0 Å². The third kappa shape index (κ3) is 14.6. The molecule has 3 rings (SSSR count). The fourth-order valence-electron chi connectivity index (χ4n) is 3.38. The number of benzene rings is 3. The molecule has 0 aliphatic carbocycles. The first-order valence-corrected chi connectivity index (χ1v) is 12.4. The third-order valence-corrected chi connectivity index (χ3v) is 5.10. The van der Waals surface area contributed by atoms with Crippen LogP contribution in [0.5, 0.6) is 0 Å².